The van der Waals surface area contributed by atoms with E-state index in [1.165, 1.54) is 7.11 Å². The molecule has 0 fully saturated rings. The Balaban J connectivity index is 1.93. The van der Waals surface area contributed by atoms with Crippen LogP contribution >= 0.6 is 11.6 Å². The van der Waals surface area contributed by atoms with E-state index in [-0.39, 0.29) is 12.4 Å². The number of halogens is 1. The Bertz CT molecular complexity index is 1080. The molecular formula is C22H21ClN2O5. The van der Waals surface area contributed by atoms with Crippen LogP contribution in [-0.4, -0.2) is 36.8 Å². The molecule has 2 aromatic heterocycles. The van der Waals surface area contributed by atoms with E-state index >= 15 is 0 Å². The summed E-state index contributed by atoms with van der Waals surface area (Å²) < 4.78 is 24.4. The van der Waals surface area contributed by atoms with Gasteiger partial charge in [0.25, 0.3) is 0 Å². The molecule has 0 bridgehead atoms. The molecule has 2 atom stereocenters. The van der Waals surface area contributed by atoms with Gasteiger partial charge in [0, 0.05) is 29.0 Å². The van der Waals surface area contributed by atoms with Crippen molar-refractivity contribution in [3.05, 3.63) is 70.8 Å². The number of aromatic nitrogens is 2. The Morgan fingerprint density at radius 3 is 2.77 bits per heavy atom. The molecule has 4 rings (SSSR count). The van der Waals surface area contributed by atoms with E-state index in [9.17, 15) is 4.79 Å². The Morgan fingerprint density at radius 1 is 1.20 bits per heavy atom. The molecule has 0 amide bonds. The third-order valence-electron chi connectivity index (χ3n) is 5.09. The number of benzene rings is 1. The van der Waals surface area contributed by atoms with Gasteiger partial charge in [-0.3, -0.25) is 9.78 Å². The molecule has 1 aliphatic rings. The third kappa shape index (κ3) is 3.51. The fourth-order valence-electron chi connectivity index (χ4n) is 3.74. The molecule has 0 saturated heterocycles. The average molecular weight is 429 g/mol. The molecule has 0 spiro atoms. The lowest BCUT2D eigenvalue weighted by atomic mass is 10.0. The lowest BCUT2D eigenvalue weighted by Gasteiger charge is -2.24. The Kier molecular flexibility index (Phi) is 5.65. The van der Waals surface area contributed by atoms with Crippen molar-refractivity contribution in [2.75, 3.05) is 21.3 Å². The number of pyridine rings is 1. The summed E-state index contributed by atoms with van der Waals surface area (Å²) in [6.07, 6.45) is 2.38. The molecule has 3 heterocycles. The third-order valence-corrected chi connectivity index (χ3v) is 5.33. The number of nitrogens with zero attached hydrogens (tertiary/aromatic N) is 2. The minimum Gasteiger partial charge on any atom is -0.493 e. The summed E-state index contributed by atoms with van der Waals surface area (Å²) in [5.74, 6) is 0.614. The van der Waals surface area contributed by atoms with E-state index in [4.69, 9.17) is 30.5 Å². The number of hydrogen-bond acceptors (Lipinski definition) is 6. The number of rotatable bonds is 5. The normalized spacial score (nSPS) is 17.5. The van der Waals surface area contributed by atoms with Crippen molar-refractivity contribution < 1.29 is 23.7 Å². The Labute approximate surface area is 179 Å². The Hall–Kier alpha value is -3.03. The summed E-state index contributed by atoms with van der Waals surface area (Å²) in [6, 6.07) is 11.1. The highest BCUT2D eigenvalue weighted by Crippen LogP contribution is 2.45. The number of esters is 1. The monoisotopic (exact) mass is 428 g/mol. The number of methoxy groups -OCH3 is 3. The zero-order chi connectivity index (χ0) is 21.3. The van der Waals surface area contributed by atoms with Crippen molar-refractivity contribution >= 4 is 17.6 Å². The van der Waals surface area contributed by atoms with Crippen LogP contribution in [0.2, 0.25) is 5.02 Å². The van der Waals surface area contributed by atoms with Crippen LogP contribution < -0.4 is 9.47 Å². The largest absolute Gasteiger partial charge is 0.493 e. The molecular weight excluding hydrogens is 408 g/mol. The molecule has 1 aliphatic heterocycles. The van der Waals surface area contributed by atoms with Gasteiger partial charge in [0.1, 0.15) is 17.9 Å². The first-order valence-corrected chi connectivity index (χ1v) is 9.71. The second-order valence-corrected chi connectivity index (χ2v) is 7.16. The molecule has 3 aromatic rings. The van der Waals surface area contributed by atoms with E-state index in [1.807, 2.05) is 41.1 Å². The highest BCUT2D eigenvalue weighted by atomic mass is 35.5. The fraction of sp³-hybridized carbons (Fsp3) is 0.273. The van der Waals surface area contributed by atoms with Crippen LogP contribution in [0.4, 0.5) is 0 Å². The van der Waals surface area contributed by atoms with E-state index in [1.54, 1.807) is 26.5 Å². The van der Waals surface area contributed by atoms with Crippen molar-refractivity contribution in [1.29, 1.82) is 0 Å². The first-order chi connectivity index (χ1) is 14.6. The second-order valence-electron chi connectivity index (χ2n) is 6.72. The van der Waals surface area contributed by atoms with Crippen LogP contribution in [0.15, 0.2) is 48.8 Å². The first kappa shape index (κ1) is 20.3. The van der Waals surface area contributed by atoms with Crippen molar-refractivity contribution in [2.45, 2.75) is 18.6 Å². The predicted octanol–water partition coefficient (Wildman–Crippen LogP) is 4.27. The molecule has 156 valence electrons. The molecule has 0 N–H and O–H groups in total. The van der Waals surface area contributed by atoms with Gasteiger partial charge in [-0.1, -0.05) is 11.6 Å². The standard InChI is InChI=1S/C22H21ClN2O5/c1-27-17-8-9-24-20(22(17)29-3)21-14-11-13(23)6-7-15(14)25-10-4-5-16(25)18(30-21)12-19(26)28-2/h4-11,18,21H,12H2,1-3H3/t18-,21+/m0/s1. The molecule has 30 heavy (non-hydrogen) atoms. The van der Waals surface area contributed by atoms with Crippen molar-refractivity contribution in [2.24, 2.45) is 0 Å². The highest BCUT2D eigenvalue weighted by Gasteiger charge is 2.34. The van der Waals surface area contributed by atoms with E-state index < -0.39 is 12.2 Å². The maximum absolute atomic E-state index is 12.1. The van der Waals surface area contributed by atoms with Crippen LogP contribution in [0.25, 0.3) is 5.69 Å². The number of carbonyl (C=O) groups is 1. The Morgan fingerprint density at radius 2 is 2.03 bits per heavy atom. The summed E-state index contributed by atoms with van der Waals surface area (Å²) in [5, 5.41) is 0.560. The lowest BCUT2D eigenvalue weighted by Crippen LogP contribution is -2.16. The quantitative estimate of drug-likeness (QED) is 0.565. The van der Waals surface area contributed by atoms with Gasteiger partial charge in [0.05, 0.1) is 39.1 Å². The van der Waals surface area contributed by atoms with Gasteiger partial charge in [-0.2, -0.15) is 0 Å². The average Bonchev–Trinajstić information content (AvgIpc) is 3.21. The molecule has 0 radical (unpaired) electrons. The topological polar surface area (TPSA) is 71.8 Å². The van der Waals surface area contributed by atoms with E-state index in [2.05, 4.69) is 4.98 Å². The zero-order valence-electron chi connectivity index (χ0n) is 16.8. The fourth-order valence-corrected chi connectivity index (χ4v) is 3.92. The molecule has 0 aliphatic carbocycles. The molecule has 0 saturated carbocycles. The van der Waals surface area contributed by atoms with Gasteiger partial charge in [-0.25, -0.2) is 0 Å². The summed E-state index contributed by atoms with van der Waals surface area (Å²) in [6.45, 7) is 0. The molecule has 7 nitrogen and oxygen atoms in total. The maximum atomic E-state index is 12.1. The highest BCUT2D eigenvalue weighted by molar-refractivity contribution is 6.30. The van der Waals surface area contributed by atoms with Crippen molar-refractivity contribution in [1.82, 2.24) is 9.55 Å². The number of ether oxygens (including phenoxy) is 4. The lowest BCUT2D eigenvalue weighted by molar-refractivity contribution is -0.145. The van der Waals surface area contributed by atoms with Crippen molar-refractivity contribution in [3.8, 4) is 17.2 Å². The summed E-state index contributed by atoms with van der Waals surface area (Å²) in [4.78, 5) is 16.7. The van der Waals surface area contributed by atoms with Crippen LogP contribution in [0, 0.1) is 0 Å². The van der Waals surface area contributed by atoms with Gasteiger partial charge in [0.15, 0.2) is 11.5 Å². The summed E-state index contributed by atoms with van der Waals surface area (Å²) in [5.41, 5.74) is 3.03. The van der Waals surface area contributed by atoms with Crippen LogP contribution in [-0.2, 0) is 14.3 Å². The predicted molar refractivity (Wildman–Crippen MR) is 110 cm³/mol. The van der Waals surface area contributed by atoms with E-state index in [0.29, 0.717) is 22.2 Å². The van der Waals surface area contributed by atoms with Gasteiger partial charge in [0.2, 0.25) is 0 Å². The van der Waals surface area contributed by atoms with Gasteiger partial charge in [-0.15, -0.1) is 0 Å². The number of hydrogen-bond donors (Lipinski definition) is 0. The van der Waals surface area contributed by atoms with Crippen LogP contribution in [0.3, 0.4) is 0 Å². The van der Waals surface area contributed by atoms with Crippen molar-refractivity contribution in [3.63, 3.8) is 0 Å². The van der Waals surface area contributed by atoms with Gasteiger partial charge >= 0.3 is 5.97 Å². The molecule has 1 aromatic carbocycles. The first-order valence-electron chi connectivity index (χ1n) is 9.33. The minimum absolute atomic E-state index is 0.0466. The van der Waals surface area contributed by atoms with E-state index in [0.717, 1.165) is 16.9 Å². The maximum Gasteiger partial charge on any atom is 0.308 e. The molecule has 8 heteroatoms. The summed E-state index contributed by atoms with van der Waals surface area (Å²) >= 11 is 6.34. The smallest absolute Gasteiger partial charge is 0.308 e. The summed E-state index contributed by atoms with van der Waals surface area (Å²) in [7, 11) is 4.47. The molecule has 0 unspecified atom stereocenters. The van der Waals surface area contributed by atoms with Crippen LogP contribution in [0.1, 0.15) is 35.6 Å². The van der Waals surface area contributed by atoms with Gasteiger partial charge < -0.3 is 23.5 Å². The SMILES string of the molecule is COC(=O)C[C@@H]1O[C@@H](c2nccc(OC)c2OC)c2cc(Cl)ccc2-n2cccc21. The number of fused-ring (bicyclic) bond motifs is 3. The van der Waals surface area contributed by atoms with Gasteiger partial charge in [-0.05, 0) is 30.3 Å². The van der Waals surface area contributed by atoms with Crippen LogP contribution in [0.5, 0.6) is 11.5 Å². The zero-order valence-corrected chi connectivity index (χ0v) is 17.6. The second kappa shape index (κ2) is 8.38. The number of carbonyl (C=O) groups excluding carboxylic acids is 1. The minimum atomic E-state index is -0.654.